The van der Waals surface area contributed by atoms with Crippen molar-refractivity contribution in [2.45, 2.75) is 19.4 Å². The number of benzene rings is 2. The normalized spacial score (nSPS) is 15.6. The number of aromatic nitrogens is 2. The van der Waals surface area contributed by atoms with Crippen molar-refractivity contribution in [3.63, 3.8) is 0 Å². The predicted molar refractivity (Wildman–Crippen MR) is 132 cm³/mol. The Labute approximate surface area is 204 Å². The minimum Gasteiger partial charge on any atom is -0.352 e. The molecule has 2 aromatic carbocycles. The van der Waals surface area contributed by atoms with Crippen LogP contribution in [0.3, 0.4) is 0 Å². The van der Waals surface area contributed by atoms with E-state index in [1.165, 1.54) is 24.3 Å². The van der Waals surface area contributed by atoms with E-state index in [4.69, 9.17) is 11.6 Å². The summed E-state index contributed by atoms with van der Waals surface area (Å²) in [6.07, 6.45) is 2.38. The summed E-state index contributed by atoms with van der Waals surface area (Å²) in [7, 11) is 0. The maximum absolute atomic E-state index is 14.9. The topological polar surface area (TPSA) is 79.3 Å². The molecule has 4 aromatic rings. The lowest BCUT2D eigenvalue weighted by molar-refractivity contribution is -0.127. The number of rotatable bonds is 5. The number of fused-ring (bicyclic) bond motifs is 1. The van der Waals surface area contributed by atoms with E-state index < -0.39 is 5.82 Å². The van der Waals surface area contributed by atoms with Crippen LogP contribution in [0.4, 0.5) is 15.8 Å². The Morgan fingerprint density at radius 1 is 1.21 bits per heavy atom. The van der Waals surface area contributed by atoms with Gasteiger partial charge in [0.2, 0.25) is 5.91 Å². The highest BCUT2D eigenvalue weighted by atomic mass is 35.5. The number of nitrogens with zero attached hydrogens (tertiary/aromatic N) is 3. The molecule has 174 valence electrons. The second-order valence-electron chi connectivity index (χ2n) is 8.15. The number of likely N-dealkylation sites (tertiary alicyclic amines) is 1. The molecule has 3 heterocycles. The van der Waals surface area contributed by atoms with E-state index in [0.717, 1.165) is 11.8 Å². The molecule has 1 aliphatic rings. The second-order valence-corrected chi connectivity index (χ2v) is 9.46. The van der Waals surface area contributed by atoms with Gasteiger partial charge in [-0.3, -0.25) is 9.59 Å². The van der Waals surface area contributed by atoms with Crippen molar-refractivity contribution in [2.75, 3.05) is 18.4 Å². The first-order valence-corrected chi connectivity index (χ1v) is 12.0. The Balaban J connectivity index is 1.35. The SMILES string of the molecule is CC(=O)N1CC[C@H](NC(=O)c2cc(-n3ncc4cc(Nc5ccccc5Cl)c(F)cc43)cs2)C1. The van der Waals surface area contributed by atoms with Crippen LogP contribution in [-0.4, -0.2) is 45.6 Å². The standard InChI is InChI=1S/C24H21ClFN5O2S/c1-14(32)30-7-6-16(12-30)28-24(33)23-9-17(13-34-23)31-22-10-19(26)21(8-15(22)11-27-31)29-20-5-3-2-4-18(20)25/h2-5,8-11,13,16,29H,6-7,12H2,1H3,(H,28,33)/t16-/m0/s1. The Kier molecular flexibility index (Phi) is 5.97. The lowest BCUT2D eigenvalue weighted by Gasteiger charge is -2.14. The third-order valence-corrected chi connectivity index (χ3v) is 7.07. The summed E-state index contributed by atoms with van der Waals surface area (Å²) in [5, 5.41) is 13.5. The lowest BCUT2D eigenvalue weighted by Crippen LogP contribution is -2.37. The largest absolute Gasteiger partial charge is 0.352 e. The molecule has 0 bridgehead atoms. The summed E-state index contributed by atoms with van der Waals surface area (Å²) < 4.78 is 16.5. The number of amides is 2. The first kappa shape index (κ1) is 22.4. The van der Waals surface area contributed by atoms with E-state index >= 15 is 0 Å². The van der Waals surface area contributed by atoms with Gasteiger partial charge in [-0.05, 0) is 30.7 Å². The molecule has 1 saturated heterocycles. The zero-order valence-corrected chi connectivity index (χ0v) is 19.8. The van der Waals surface area contributed by atoms with Crippen LogP contribution < -0.4 is 10.6 Å². The minimum absolute atomic E-state index is 0.0122. The zero-order valence-electron chi connectivity index (χ0n) is 18.2. The van der Waals surface area contributed by atoms with Crippen molar-refractivity contribution < 1.29 is 14.0 Å². The molecule has 7 nitrogen and oxygen atoms in total. The fourth-order valence-electron chi connectivity index (χ4n) is 4.03. The number of hydrogen-bond donors (Lipinski definition) is 2. The number of carbonyl (C=O) groups is 2. The van der Waals surface area contributed by atoms with E-state index in [0.29, 0.717) is 45.6 Å². The first-order valence-electron chi connectivity index (χ1n) is 10.7. The number of anilines is 2. The van der Waals surface area contributed by atoms with Gasteiger partial charge in [0.25, 0.3) is 5.91 Å². The third-order valence-electron chi connectivity index (χ3n) is 5.82. The highest BCUT2D eigenvalue weighted by molar-refractivity contribution is 7.12. The molecule has 2 amide bonds. The number of carbonyl (C=O) groups excluding carboxylic acids is 2. The van der Waals surface area contributed by atoms with Gasteiger partial charge in [-0.1, -0.05) is 23.7 Å². The molecule has 0 spiro atoms. The van der Waals surface area contributed by atoms with Crippen LogP contribution in [0.25, 0.3) is 16.6 Å². The van der Waals surface area contributed by atoms with Gasteiger partial charge in [0, 0.05) is 42.9 Å². The molecular weight excluding hydrogens is 477 g/mol. The second kappa shape index (κ2) is 9.08. The molecule has 0 saturated carbocycles. The van der Waals surface area contributed by atoms with Crippen molar-refractivity contribution in [3.05, 3.63) is 69.8 Å². The Morgan fingerprint density at radius 3 is 2.79 bits per heavy atom. The van der Waals surface area contributed by atoms with E-state index in [2.05, 4.69) is 15.7 Å². The van der Waals surface area contributed by atoms with Crippen LogP contribution in [0.2, 0.25) is 5.02 Å². The van der Waals surface area contributed by atoms with Crippen molar-refractivity contribution >= 4 is 57.0 Å². The maximum Gasteiger partial charge on any atom is 0.261 e. The molecule has 1 atom stereocenters. The average Bonchev–Trinajstić information content (AvgIpc) is 3.55. The maximum atomic E-state index is 14.9. The number of thiophene rings is 1. The molecule has 1 aliphatic heterocycles. The van der Waals surface area contributed by atoms with Gasteiger partial charge in [-0.15, -0.1) is 11.3 Å². The summed E-state index contributed by atoms with van der Waals surface area (Å²) in [5.74, 6) is -0.627. The number of nitrogens with one attached hydrogen (secondary N) is 2. The number of para-hydroxylation sites is 1. The van der Waals surface area contributed by atoms with Crippen molar-refractivity contribution in [1.29, 1.82) is 0 Å². The van der Waals surface area contributed by atoms with E-state index in [-0.39, 0.29) is 17.9 Å². The van der Waals surface area contributed by atoms with Crippen LogP contribution in [0.15, 0.2) is 54.0 Å². The highest BCUT2D eigenvalue weighted by Crippen LogP contribution is 2.31. The van der Waals surface area contributed by atoms with Crippen molar-refractivity contribution in [3.8, 4) is 5.69 Å². The van der Waals surface area contributed by atoms with Gasteiger partial charge >= 0.3 is 0 Å². The molecule has 0 unspecified atom stereocenters. The van der Waals surface area contributed by atoms with E-state index in [9.17, 15) is 14.0 Å². The van der Waals surface area contributed by atoms with Crippen molar-refractivity contribution in [2.24, 2.45) is 0 Å². The summed E-state index contributed by atoms with van der Waals surface area (Å²) >= 11 is 7.47. The molecular formula is C24H21ClFN5O2S. The number of hydrogen-bond acceptors (Lipinski definition) is 5. The number of halogens is 2. The van der Waals surface area contributed by atoms with Gasteiger partial charge in [-0.25, -0.2) is 9.07 Å². The van der Waals surface area contributed by atoms with Crippen LogP contribution in [-0.2, 0) is 4.79 Å². The minimum atomic E-state index is -0.446. The summed E-state index contributed by atoms with van der Waals surface area (Å²) in [6, 6.07) is 11.9. The summed E-state index contributed by atoms with van der Waals surface area (Å²) in [6.45, 7) is 2.70. The molecule has 5 rings (SSSR count). The molecule has 0 aliphatic carbocycles. The van der Waals surface area contributed by atoms with E-state index in [1.54, 1.807) is 46.1 Å². The van der Waals surface area contributed by atoms with E-state index in [1.807, 2.05) is 11.4 Å². The fraction of sp³-hybridized carbons (Fsp3) is 0.208. The van der Waals surface area contributed by atoms with Crippen LogP contribution >= 0.6 is 22.9 Å². The third kappa shape index (κ3) is 4.36. The highest BCUT2D eigenvalue weighted by Gasteiger charge is 2.26. The fourth-order valence-corrected chi connectivity index (χ4v) is 4.99. The quantitative estimate of drug-likeness (QED) is 0.408. The molecule has 1 fully saturated rings. The average molecular weight is 498 g/mol. The van der Waals surface area contributed by atoms with Crippen LogP contribution in [0.5, 0.6) is 0 Å². The molecule has 2 N–H and O–H groups in total. The molecule has 34 heavy (non-hydrogen) atoms. The summed E-state index contributed by atoms with van der Waals surface area (Å²) in [5.41, 5.74) is 2.16. The lowest BCUT2D eigenvalue weighted by atomic mass is 10.2. The molecule has 10 heteroatoms. The van der Waals surface area contributed by atoms with Crippen LogP contribution in [0.1, 0.15) is 23.0 Å². The van der Waals surface area contributed by atoms with Crippen LogP contribution in [0, 0.1) is 5.82 Å². The Hall–Kier alpha value is -3.43. The smallest absolute Gasteiger partial charge is 0.261 e. The predicted octanol–water partition coefficient (Wildman–Crippen LogP) is 4.97. The van der Waals surface area contributed by atoms with Gasteiger partial charge < -0.3 is 15.5 Å². The molecule has 0 radical (unpaired) electrons. The Morgan fingerprint density at radius 2 is 2.03 bits per heavy atom. The Bertz CT molecular complexity index is 1400. The monoisotopic (exact) mass is 497 g/mol. The van der Waals surface area contributed by atoms with Gasteiger partial charge in [0.15, 0.2) is 0 Å². The van der Waals surface area contributed by atoms with Gasteiger partial charge in [-0.2, -0.15) is 5.10 Å². The first-order chi connectivity index (χ1) is 16.4. The molecule has 2 aromatic heterocycles. The summed E-state index contributed by atoms with van der Waals surface area (Å²) in [4.78, 5) is 26.5. The van der Waals surface area contributed by atoms with Gasteiger partial charge in [0.05, 0.1) is 38.7 Å². The van der Waals surface area contributed by atoms with Crippen molar-refractivity contribution in [1.82, 2.24) is 20.0 Å². The van der Waals surface area contributed by atoms with Gasteiger partial charge in [0.1, 0.15) is 5.82 Å². The zero-order chi connectivity index (χ0) is 23.8.